The van der Waals surface area contributed by atoms with Crippen molar-refractivity contribution in [3.63, 3.8) is 0 Å². The van der Waals surface area contributed by atoms with E-state index in [1.165, 1.54) is 0 Å². The molecular formula is C8H16N2O2. The molecule has 1 fully saturated rings. The largest absolute Gasteiger partial charge is 0.396 e. The molecule has 4 nitrogen and oxygen atoms in total. The van der Waals surface area contributed by atoms with Gasteiger partial charge >= 0.3 is 0 Å². The quantitative estimate of drug-likeness (QED) is 0.488. The third kappa shape index (κ3) is 2.79. The van der Waals surface area contributed by atoms with Crippen LogP contribution in [0.5, 0.6) is 0 Å². The minimum atomic E-state index is 0.00342. The Hall–Kier alpha value is -0.610. The van der Waals surface area contributed by atoms with Crippen molar-refractivity contribution in [3.8, 4) is 0 Å². The van der Waals surface area contributed by atoms with Crippen LogP contribution < -0.4 is 10.6 Å². The molecule has 4 heteroatoms. The number of hydrogen-bond donors (Lipinski definition) is 3. The van der Waals surface area contributed by atoms with Gasteiger partial charge in [-0.15, -0.1) is 0 Å². The molecule has 1 atom stereocenters. The fourth-order valence-electron chi connectivity index (χ4n) is 1.32. The highest BCUT2D eigenvalue weighted by Gasteiger charge is 2.20. The Morgan fingerprint density at radius 2 is 2.50 bits per heavy atom. The fourth-order valence-corrected chi connectivity index (χ4v) is 1.32. The summed E-state index contributed by atoms with van der Waals surface area (Å²) in [6, 6.07) is 0.00342. The minimum Gasteiger partial charge on any atom is -0.396 e. The second kappa shape index (κ2) is 5.11. The third-order valence-electron chi connectivity index (χ3n) is 2.01. The Morgan fingerprint density at radius 3 is 3.08 bits per heavy atom. The first-order valence-corrected chi connectivity index (χ1v) is 4.46. The summed E-state index contributed by atoms with van der Waals surface area (Å²) in [7, 11) is 0. The van der Waals surface area contributed by atoms with Crippen molar-refractivity contribution in [2.24, 2.45) is 0 Å². The molecule has 0 aromatic heterocycles. The molecule has 1 rings (SSSR count). The Kier molecular flexibility index (Phi) is 4.04. The van der Waals surface area contributed by atoms with Crippen LogP contribution in [-0.2, 0) is 4.79 Å². The molecule has 3 N–H and O–H groups in total. The van der Waals surface area contributed by atoms with Gasteiger partial charge in [0.25, 0.3) is 0 Å². The normalized spacial score (nSPS) is 22.6. The summed E-state index contributed by atoms with van der Waals surface area (Å²) in [5.41, 5.74) is 0. The zero-order valence-electron chi connectivity index (χ0n) is 7.18. The van der Waals surface area contributed by atoms with Crippen molar-refractivity contribution in [1.29, 1.82) is 0 Å². The Labute approximate surface area is 72.3 Å². The zero-order chi connectivity index (χ0) is 8.81. The van der Waals surface area contributed by atoms with Gasteiger partial charge in [0.15, 0.2) is 0 Å². The molecule has 0 aromatic rings. The van der Waals surface area contributed by atoms with Crippen LogP contribution in [0.4, 0.5) is 0 Å². The summed E-state index contributed by atoms with van der Waals surface area (Å²) in [5.74, 6) is 0.0703. The van der Waals surface area contributed by atoms with Gasteiger partial charge in [-0.3, -0.25) is 4.79 Å². The Balaban J connectivity index is 2.10. The molecule has 0 spiro atoms. The van der Waals surface area contributed by atoms with Crippen molar-refractivity contribution in [1.82, 2.24) is 10.6 Å². The molecule has 1 aliphatic heterocycles. The fraction of sp³-hybridized carbons (Fsp3) is 0.875. The molecule has 12 heavy (non-hydrogen) atoms. The number of carbonyl (C=O) groups excluding carboxylic acids is 1. The van der Waals surface area contributed by atoms with Crippen LogP contribution in [0.1, 0.15) is 19.3 Å². The maximum absolute atomic E-state index is 11.3. The number of aliphatic hydroxyl groups excluding tert-OH is 1. The lowest BCUT2D eigenvalue weighted by atomic mass is 10.2. The molecule has 0 radical (unpaired) electrons. The van der Waals surface area contributed by atoms with E-state index in [1.807, 2.05) is 0 Å². The van der Waals surface area contributed by atoms with Crippen LogP contribution in [0.3, 0.4) is 0 Å². The minimum absolute atomic E-state index is 0.00342. The summed E-state index contributed by atoms with van der Waals surface area (Å²) < 4.78 is 0. The zero-order valence-corrected chi connectivity index (χ0v) is 7.18. The second-order valence-electron chi connectivity index (χ2n) is 3.02. The lowest BCUT2D eigenvalue weighted by Gasteiger charge is -2.09. The smallest absolute Gasteiger partial charge is 0.237 e. The molecule has 0 unspecified atom stereocenters. The first-order valence-electron chi connectivity index (χ1n) is 4.46. The van der Waals surface area contributed by atoms with Gasteiger partial charge in [0, 0.05) is 13.2 Å². The number of nitrogens with one attached hydrogen (secondary N) is 2. The van der Waals surface area contributed by atoms with Gasteiger partial charge in [-0.25, -0.2) is 0 Å². The van der Waals surface area contributed by atoms with Crippen LogP contribution in [0.15, 0.2) is 0 Å². The number of rotatable bonds is 4. The Morgan fingerprint density at radius 1 is 1.67 bits per heavy atom. The predicted molar refractivity (Wildman–Crippen MR) is 45.7 cm³/mol. The molecule has 0 bridgehead atoms. The first kappa shape index (κ1) is 9.48. The number of carbonyl (C=O) groups is 1. The van der Waals surface area contributed by atoms with E-state index in [2.05, 4.69) is 10.6 Å². The van der Waals surface area contributed by atoms with Crippen LogP contribution in [-0.4, -0.2) is 36.8 Å². The first-order chi connectivity index (χ1) is 5.84. The van der Waals surface area contributed by atoms with E-state index in [4.69, 9.17) is 5.11 Å². The van der Waals surface area contributed by atoms with E-state index < -0.39 is 0 Å². The van der Waals surface area contributed by atoms with E-state index in [0.29, 0.717) is 13.0 Å². The van der Waals surface area contributed by atoms with Gasteiger partial charge in [-0.05, 0) is 25.8 Å². The van der Waals surface area contributed by atoms with E-state index >= 15 is 0 Å². The Bertz CT molecular complexity index is 144. The molecule has 0 aromatic carbocycles. The van der Waals surface area contributed by atoms with Gasteiger partial charge in [0.2, 0.25) is 5.91 Å². The molecule has 1 heterocycles. The van der Waals surface area contributed by atoms with Crippen LogP contribution >= 0.6 is 0 Å². The van der Waals surface area contributed by atoms with Gasteiger partial charge in [-0.2, -0.15) is 0 Å². The maximum atomic E-state index is 11.3. The summed E-state index contributed by atoms with van der Waals surface area (Å²) in [5, 5.41) is 14.4. The highest BCUT2D eigenvalue weighted by Crippen LogP contribution is 2.03. The van der Waals surface area contributed by atoms with E-state index in [9.17, 15) is 4.79 Å². The molecule has 1 saturated heterocycles. The standard InChI is InChI=1S/C8H16N2O2/c11-6-2-5-10-8(12)7-3-1-4-9-7/h7,9,11H,1-6H2,(H,10,12)/t7-/m1/s1. The number of aliphatic hydroxyl groups is 1. The molecule has 1 aliphatic rings. The van der Waals surface area contributed by atoms with Crippen LogP contribution in [0, 0.1) is 0 Å². The average molecular weight is 172 g/mol. The van der Waals surface area contributed by atoms with Crippen LogP contribution in [0.25, 0.3) is 0 Å². The van der Waals surface area contributed by atoms with Gasteiger partial charge in [0.05, 0.1) is 6.04 Å². The summed E-state index contributed by atoms with van der Waals surface area (Å²) in [6.45, 7) is 1.66. The predicted octanol–water partition coefficient (Wildman–Crippen LogP) is -0.763. The lowest BCUT2D eigenvalue weighted by molar-refractivity contribution is -0.122. The van der Waals surface area contributed by atoms with Crippen molar-refractivity contribution in [2.45, 2.75) is 25.3 Å². The van der Waals surface area contributed by atoms with Crippen molar-refractivity contribution < 1.29 is 9.90 Å². The maximum Gasteiger partial charge on any atom is 0.237 e. The van der Waals surface area contributed by atoms with E-state index in [1.54, 1.807) is 0 Å². The third-order valence-corrected chi connectivity index (χ3v) is 2.01. The van der Waals surface area contributed by atoms with Gasteiger partial charge in [-0.1, -0.05) is 0 Å². The topological polar surface area (TPSA) is 61.4 Å². The summed E-state index contributed by atoms with van der Waals surface area (Å²) in [6.07, 6.45) is 2.65. The summed E-state index contributed by atoms with van der Waals surface area (Å²) >= 11 is 0. The van der Waals surface area contributed by atoms with Crippen molar-refractivity contribution >= 4 is 5.91 Å². The van der Waals surface area contributed by atoms with Gasteiger partial charge < -0.3 is 15.7 Å². The SMILES string of the molecule is O=C(NCCCO)[C@H]1CCCN1. The average Bonchev–Trinajstić information content (AvgIpc) is 2.56. The monoisotopic (exact) mass is 172 g/mol. The number of amides is 1. The summed E-state index contributed by atoms with van der Waals surface area (Å²) in [4.78, 5) is 11.3. The number of hydrogen-bond acceptors (Lipinski definition) is 3. The second-order valence-corrected chi connectivity index (χ2v) is 3.02. The van der Waals surface area contributed by atoms with E-state index in [-0.39, 0.29) is 18.6 Å². The molecule has 0 saturated carbocycles. The molecule has 70 valence electrons. The van der Waals surface area contributed by atoms with Crippen molar-refractivity contribution in [2.75, 3.05) is 19.7 Å². The van der Waals surface area contributed by atoms with Gasteiger partial charge in [0.1, 0.15) is 0 Å². The van der Waals surface area contributed by atoms with Crippen LogP contribution in [0.2, 0.25) is 0 Å². The molecule has 1 amide bonds. The van der Waals surface area contributed by atoms with Crippen molar-refractivity contribution in [3.05, 3.63) is 0 Å². The highest BCUT2D eigenvalue weighted by atomic mass is 16.3. The molecule has 0 aliphatic carbocycles. The lowest BCUT2D eigenvalue weighted by Crippen LogP contribution is -2.40. The molecular weight excluding hydrogens is 156 g/mol. The van der Waals surface area contributed by atoms with E-state index in [0.717, 1.165) is 19.4 Å². The highest BCUT2D eigenvalue weighted by molar-refractivity contribution is 5.81.